The van der Waals surface area contributed by atoms with E-state index in [9.17, 15) is 14.4 Å². The fourth-order valence-corrected chi connectivity index (χ4v) is 4.78. The van der Waals surface area contributed by atoms with Crippen molar-refractivity contribution in [2.75, 3.05) is 19.6 Å². The van der Waals surface area contributed by atoms with E-state index >= 15 is 0 Å². The molecule has 0 unspecified atom stereocenters. The first kappa shape index (κ1) is 19.3. The summed E-state index contributed by atoms with van der Waals surface area (Å²) in [6.07, 6.45) is 4.49. The van der Waals surface area contributed by atoms with Crippen LogP contribution in [0.5, 0.6) is 0 Å². The molecule has 160 valence electrons. The van der Waals surface area contributed by atoms with Crippen LogP contribution in [0.4, 0.5) is 0 Å². The Balaban J connectivity index is 1.43. The Bertz CT molecular complexity index is 1060. The Hall–Kier alpha value is -2.64. The van der Waals surface area contributed by atoms with E-state index in [2.05, 4.69) is 5.10 Å². The number of amides is 2. The summed E-state index contributed by atoms with van der Waals surface area (Å²) in [6, 6.07) is 1.96. The van der Waals surface area contributed by atoms with Gasteiger partial charge in [-0.3, -0.25) is 19.5 Å². The molecule has 2 amide bonds. The van der Waals surface area contributed by atoms with Crippen LogP contribution in [0.1, 0.15) is 62.4 Å². The molecule has 1 atom stereocenters. The minimum Gasteiger partial charge on any atom is -0.342 e. The van der Waals surface area contributed by atoms with E-state index in [0.717, 1.165) is 43.6 Å². The Morgan fingerprint density at radius 3 is 2.70 bits per heavy atom. The highest BCUT2D eigenvalue weighted by molar-refractivity contribution is 5.81. The van der Waals surface area contributed by atoms with Crippen molar-refractivity contribution in [3.8, 4) is 0 Å². The molecule has 2 fully saturated rings. The first-order valence-corrected chi connectivity index (χ1v) is 11.1. The van der Waals surface area contributed by atoms with Crippen molar-refractivity contribution < 1.29 is 9.59 Å². The average molecular weight is 412 g/mol. The molecule has 2 aromatic rings. The highest BCUT2D eigenvalue weighted by atomic mass is 16.2. The highest BCUT2D eigenvalue weighted by Crippen LogP contribution is 2.32. The second-order valence-electron chi connectivity index (χ2n) is 9.31. The number of carbonyl (C=O) groups is 2. The maximum Gasteiger partial charge on any atom is 0.277 e. The number of likely N-dealkylation sites (tertiary alicyclic amines) is 1. The SMILES string of the molecule is CC(C)C(=O)N1CCC[C@H](c2cc3nc4c(c(=O)n3[nH]2)CN(C(=O)C2CC2)CC4)C1. The summed E-state index contributed by atoms with van der Waals surface area (Å²) < 4.78 is 1.52. The molecular formula is C22H29N5O3. The quantitative estimate of drug-likeness (QED) is 0.832. The zero-order chi connectivity index (χ0) is 21.0. The van der Waals surface area contributed by atoms with Gasteiger partial charge in [0.1, 0.15) is 0 Å². The molecule has 1 N–H and O–H groups in total. The van der Waals surface area contributed by atoms with Gasteiger partial charge in [-0.15, -0.1) is 0 Å². The van der Waals surface area contributed by atoms with Gasteiger partial charge in [0, 0.05) is 55.6 Å². The minimum atomic E-state index is -0.111. The van der Waals surface area contributed by atoms with Crippen LogP contribution >= 0.6 is 0 Å². The van der Waals surface area contributed by atoms with Crippen molar-refractivity contribution in [1.29, 1.82) is 0 Å². The summed E-state index contributed by atoms with van der Waals surface area (Å²) in [6.45, 7) is 6.32. The number of carbonyl (C=O) groups excluding carboxylic acids is 2. The van der Waals surface area contributed by atoms with Crippen molar-refractivity contribution in [3.05, 3.63) is 33.4 Å². The molecule has 2 aliphatic heterocycles. The van der Waals surface area contributed by atoms with Crippen LogP contribution in [0.15, 0.2) is 10.9 Å². The highest BCUT2D eigenvalue weighted by Gasteiger charge is 2.36. The number of aromatic amines is 1. The van der Waals surface area contributed by atoms with Crippen molar-refractivity contribution in [1.82, 2.24) is 24.4 Å². The van der Waals surface area contributed by atoms with E-state index in [4.69, 9.17) is 4.98 Å². The zero-order valence-electron chi connectivity index (χ0n) is 17.7. The Morgan fingerprint density at radius 2 is 1.97 bits per heavy atom. The predicted octanol–water partition coefficient (Wildman–Crippen LogP) is 1.68. The van der Waals surface area contributed by atoms with Gasteiger partial charge in [0.15, 0.2) is 5.65 Å². The van der Waals surface area contributed by atoms with Gasteiger partial charge in [-0.1, -0.05) is 13.8 Å². The average Bonchev–Trinajstić information content (AvgIpc) is 3.52. The molecule has 0 spiro atoms. The lowest BCUT2D eigenvalue weighted by Gasteiger charge is -2.33. The number of aromatic nitrogens is 3. The topological polar surface area (TPSA) is 90.8 Å². The molecule has 2 aromatic heterocycles. The summed E-state index contributed by atoms with van der Waals surface area (Å²) in [5.41, 5.74) is 2.91. The molecule has 0 bridgehead atoms. The van der Waals surface area contributed by atoms with E-state index in [1.807, 2.05) is 29.7 Å². The maximum atomic E-state index is 13.2. The number of nitrogens with one attached hydrogen (secondary N) is 1. The summed E-state index contributed by atoms with van der Waals surface area (Å²) in [5.74, 6) is 0.679. The van der Waals surface area contributed by atoms with Gasteiger partial charge >= 0.3 is 0 Å². The van der Waals surface area contributed by atoms with E-state index in [0.29, 0.717) is 37.3 Å². The number of hydrogen-bond acceptors (Lipinski definition) is 4. The normalized spacial score (nSPS) is 21.9. The molecule has 30 heavy (non-hydrogen) atoms. The van der Waals surface area contributed by atoms with Crippen LogP contribution in [-0.4, -0.2) is 55.8 Å². The molecule has 0 radical (unpaired) electrons. The molecule has 4 heterocycles. The largest absolute Gasteiger partial charge is 0.342 e. The third-order valence-electron chi connectivity index (χ3n) is 6.69. The van der Waals surface area contributed by atoms with Crippen LogP contribution in [0, 0.1) is 11.8 Å². The first-order valence-electron chi connectivity index (χ1n) is 11.1. The molecule has 8 heteroatoms. The number of fused-ring (bicyclic) bond motifs is 2. The number of H-pyrrole nitrogens is 1. The number of hydrogen-bond donors (Lipinski definition) is 1. The lowest BCUT2D eigenvalue weighted by molar-refractivity contribution is -0.135. The summed E-state index contributed by atoms with van der Waals surface area (Å²) in [5, 5.41) is 3.25. The van der Waals surface area contributed by atoms with E-state index in [-0.39, 0.29) is 35.1 Å². The van der Waals surface area contributed by atoms with Gasteiger partial charge in [0.25, 0.3) is 5.56 Å². The summed E-state index contributed by atoms with van der Waals surface area (Å²) in [7, 11) is 0. The van der Waals surface area contributed by atoms with E-state index in [1.165, 1.54) is 4.52 Å². The fourth-order valence-electron chi connectivity index (χ4n) is 4.78. The second-order valence-corrected chi connectivity index (χ2v) is 9.31. The second kappa shape index (κ2) is 7.25. The van der Waals surface area contributed by atoms with Crippen molar-refractivity contribution in [2.24, 2.45) is 11.8 Å². The van der Waals surface area contributed by atoms with Gasteiger partial charge in [-0.25, -0.2) is 9.50 Å². The van der Waals surface area contributed by atoms with E-state index in [1.54, 1.807) is 0 Å². The van der Waals surface area contributed by atoms with Crippen LogP contribution < -0.4 is 5.56 Å². The molecule has 1 saturated carbocycles. The third-order valence-corrected chi connectivity index (χ3v) is 6.69. The van der Waals surface area contributed by atoms with Crippen molar-refractivity contribution in [3.63, 3.8) is 0 Å². The third kappa shape index (κ3) is 3.32. The molecular weight excluding hydrogens is 382 g/mol. The van der Waals surface area contributed by atoms with Crippen LogP contribution in [0.2, 0.25) is 0 Å². The van der Waals surface area contributed by atoms with E-state index < -0.39 is 0 Å². The lowest BCUT2D eigenvalue weighted by atomic mass is 9.94. The van der Waals surface area contributed by atoms with Gasteiger partial charge in [0.2, 0.25) is 11.8 Å². The summed E-state index contributed by atoms with van der Waals surface area (Å²) >= 11 is 0. The molecule has 1 aliphatic carbocycles. The van der Waals surface area contributed by atoms with Gasteiger partial charge in [0.05, 0.1) is 17.8 Å². The van der Waals surface area contributed by atoms with Gasteiger partial charge in [-0.2, -0.15) is 0 Å². The number of rotatable bonds is 3. The zero-order valence-corrected chi connectivity index (χ0v) is 17.7. The smallest absolute Gasteiger partial charge is 0.277 e. The van der Waals surface area contributed by atoms with Gasteiger partial charge in [-0.05, 0) is 25.7 Å². The fraction of sp³-hybridized carbons (Fsp3) is 0.636. The molecule has 1 saturated heterocycles. The molecule has 3 aliphatic rings. The van der Waals surface area contributed by atoms with Crippen molar-refractivity contribution in [2.45, 2.75) is 58.4 Å². The van der Waals surface area contributed by atoms with Crippen molar-refractivity contribution >= 4 is 17.5 Å². The maximum absolute atomic E-state index is 13.2. The first-order chi connectivity index (χ1) is 14.4. The standard InChI is InChI=1S/C22H29N5O3/c1-13(2)20(28)25-8-3-4-15(11-25)18-10-19-23-17-7-9-26(21(29)14-5-6-14)12-16(17)22(30)27(19)24-18/h10,13-15,24H,3-9,11-12H2,1-2H3/t15-/m0/s1. The Kier molecular flexibility index (Phi) is 4.67. The number of nitrogens with zero attached hydrogens (tertiary/aromatic N) is 4. The number of piperidine rings is 1. The van der Waals surface area contributed by atoms with Crippen LogP contribution in [-0.2, 0) is 22.6 Å². The minimum absolute atomic E-state index is 0.0104. The Morgan fingerprint density at radius 1 is 1.17 bits per heavy atom. The Labute approximate surface area is 175 Å². The van der Waals surface area contributed by atoms with Crippen LogP contribution in [0.25, 0.3) is 5.65 Å². The van der Waals surface area contributed by atoms with Crippen LogP contribution in [0.3, 0.4) is 0 Å². The molecule has 8 nitrogen and oxygen atoms in total. The predicted molar refractivity (Wildman–Crippen MR) is 111 cm³/mol. The monoisotopic (exact) mass is 411 g/mol. The molecule has 5 rings (SSSR count). The van der Waals surface area contributed by atoms with Gasteiger partial charge < -0.3 is 9.80 Å². The molecule has 0 aromatic carbocycles. The summed E-state index contributed by atoms with van der Waals surface area (Å²) in [4.78, 5) is 46.5. The lowest BCUT2D eigenvalue weighted by Crippen LogP contribution is -2.41.